The molecule has 26 heavy (non-hydrogen) atoms. The van der Waals surface area contributed by atoms with Crippen LogP contribution in [0.3, 0.4) is 0 Å². The van der Waals surface area contributed by atoms with Gasteiger partial charge in [-0.05, 0) is 41.5 Å². The Morgan fingerprint density at radius 2 is 1.46 bits per heavy atom. The molecule has 0 saturated heterocycles. The Bertz CT molecular complexity index is 826. The molecule has 0 fully saturated rings. The van der Waals surface area contributed by atoms with Crippen molar-refractivity contribution < 1.29 is 9.59 Å². The molecule has 0 unspecified atom stereocenters. The van der Waals surface area contributed by atoms with Crippen molar-refractivity contribution in [3.8, 4) is 0 Å². The van der Waals surface area contributed by atoms with Crippen molar-refractivity contribution >= 4 is 35.7 Å². The van der Waals surface area contributed by atoms with E-state index in [-0.39, 0.29) is 12.4 Å². The van der Waals surface area contributed by atoms with Crippen LogP contribution in [0.5, 0.6) is 0 Å². The molecule has 0 heterocycles. The van der Waals surface area contributed by atoms with Crippen molar-refractivity contribution in [1.29, 1.82) is 0 Å². The van der Waals surface area contributed by atoms with Crippen LogP contribution >= 0.6 is 12.4 Å². The van der Waals surface area contributed by atoms with E-state index in [1.165, 1.54) is 5.56 Å². The summed E-state index contributed by atoms with van der Waals surface area (Å²) in [6.45, 7) is 10.0. The average molecular weight is 372 g/mol. The molecule has 0 radical (unpaired) electrons. The predicted octanol–water partition coefficient (Wildman–Crippen LogP) is 5.09. The Morgan fingerprint density at radius 1 is 0.923 bits per heavy atom. The van der Waals surface area contributed by atoms with E-state index in [1.807, 2.05) is 19.9 Å². The Hall–Kier alpha value is -2.39. The Kier molecular flexibility index (Phi) is 7.78. The summed E-state index contributed by atoms with van der Waals surface area (Å²) >= 11 is 0. The van der Waals surface area contributed by atoms with Crippen LogP contribution in [0.15, 0.2) is 36.9 Å². The standard InChI is InChI=1S/C22H25NO2.ClH/c1-5-15-16(6-2)18(8-4)20(23)19(17(15)7-3)22(25)21(24)14-12-10-9-11-13-14;/h7,9-13H,3,5-6,8,23H2,1-2,4H3;1H. The van der Waals surface area contributed by atoms with Crippen molar-refractivity contribution in [2.45, 2.75) is 40.0 Å². The third kappa shape index (κ3) is 3.73. The summed E-state index contributed by atoms with van der Waals surface area (Å²) in [5.74, 6) is -1.10. The number of hydrogen-bond acceptors (Lipinski definition) is 3. The number of halogens is 1. The summed E-state index contributed by atoms with van der Waals surface area (Å²) in [6.07, 6.45) is 3.97. The second kappa shape index (κ2) is 9.35. The quantitative estimate of drug-likeness (QED) is 0.419. The number of carbonyl (C=O) groups is 2. The third-order valence-electron chi connectivity index (χ3n) is 4.65. The van der Waals surface area contributed by atoms with E-state index in [9.17, 15) is 9.59 Å². The molecule has 138 valence electrons. The number of nitrogen functional groups attached to an aromatic ring is 1. The van der Waals surface area contributed by atoms with E-state index in [4.69, 9.17) is 5.73 Å². The van der Waals surface area contributed by atoms with Gasteiger partial charge in [0.25, 0.3) is 0 Å². The lowest BCUT2D eigenvalue weighted by atomic mass is 9.83. The van der Waals surface area contributed by atoms with Gasteiger partial charge < -0.3 is 5.73 Å². The Labute approximate surface area is 161 Å². The van der Waals surface area contributed by atoms with Gasteiger partial charge in [-0.25, -0.2) is 0 Å². The number of benzene rings is 2. The zero-order chi connectivity index (χ0) is 18.6. The van der Waals surface area contributed by atoms with E-state index in [0.29, 0.717) is 22.4 Å². The fraction of sp³-hybridized carbons (Fsp3) is 0.273. The van der Waals surface area contributed by atoms with Crippen LogP contribution in [0.1, 0.15) is 63.7 Å². The van der Waals surface area contributed by atoms with E-state index in [2.05, 4.69) is 13.5 Å². The van der Waals surface area contributed by atoms with Crippen molar-refractivity contribution in [2.75, 3.05) is 5.73 Å². The summed E-state index contributed by atoms with van der Waals surface area (Å²) in [6, 6.07) is 8.59. The van der Waals surface area contributed by atoms with Gasteiger partial charge in [0.05, 0.1) is 5.56 Å². The molecule has 2 aromatic carbocycles. The van der Waals surface area contributed by atoms with Gasteiger partial charge in [-0.3, -0.25) is 9.59 Å². The summed E-state index contributed by atoms with van der Waals surface area (Å²) in [5.41, 5.74) is 11.4. The monoisotopic (exact) mass is 371 g/mol. The highest BCUT2D eigenvalue weighted by Gasteiger charge is 2.27. The number of nitrogens with two attached hydrogens (primary N) is 1. The van der Waals surface area contributed by atoms with Gasteiger partial charge >= 0.3 is 0 Å². The number of hydrogen-bond donors (Lipinski definition) is 1. The first-order chi connectivity index (χ1) is 12.0. The smallest absolute Gasteiger partial charge is 0.236 e. The summed E-state index contributed by atoms with van der Waals surface area (Å²) in [7, 11) is 0. The summed E-state index contributed by atoms with van der Waals surface area (Å²) in [5, 5.41) is 0. The lowest BCUT2D eigenvalue weighted by Crippen LogP contribution is -2.20. The van der Waals surface area contributed by atoms with E-state index in [1.54, 1.807) is 30.3 Å². The van der Waals surface area contributed by atoms with Crippen molar-refractivity contribution in [2.24, 2.45) is 0 Å². The molecule has 0 amide bonds. The lowest BCUT2D eigenvalue weighted by molar-refractivity contribution is 0.0817. The largest absolute Gasteiger partial charge is 0.398 e. The highest BCUT2D eigenvalue weighted by Crippen LogP contribution is 2.33. The maximum Gasteiger partial charge on any atom is 0.236 e. The molecule has 4 heteroatoms. The summed E-state index contributed by atoms with van der Waals surface area (Å²) in [4.78, 5) is 25.7. The van der Waals surface area contributed by atoms with Gasteiger partial charge in [-0.1, -0.05) is 63.8 Å². The minimum atomic E-state index is -0.564. The first-order valence-electron chi connectivity index (χ1n) is 8.74. The molecule has 0 spiro atoms. The molecule has 2 rings (SSSR count). The highest BCUT2D eigenvalue weighted by molar-refractivity contribution is 6.50. The fourth-order valence-corrected chi connectivity index (χ4v) is 3.49. The molecule has 3 nitrogen and oxygen atoms in total. The molecule has 0 bridgehead atoms. The van der Waals surface area contributed by atoms with Gasteiger partial charge in [0.15, 0.2) is 0 Å². The second-order valence-corrected chi connectivity index (χ2v) is 5.93. The van der Waals surface area contributed by atoms with Crippen molar-refractivity contribution in [3.63, 3.8) is 0 Å². The molecule has 0 saturated carbocycles. The van der Waals surface area contributed by atoms with Crippen LogP contribution in [-0.2, 0) is 19.3 Å². The number of anilines is 1. The number of ketones is 2. The maximum absolute atomic E-state index is 13.0. The first-order valence-corrected chi connectivity index (χ1v) is 8.74. The Morgan fingerprint density at radius 3 is 1.92 bits per heavy atom. The normalized spacial score (nSPS) is 10.1. The molecule has 0 aliphatic heterocycles. The Balaban J connectivity index is 0.00000338. The molecule has 0 aliphatic rings. The average Bonchev–Trinajstić information content (AvgIpc) is 2.66. The molecule has 0 aliphatic carbocycles. The maximum atomic E-state index is 13.0. The first kappa shape index (κ1) is 21.7. The van der Waals surface area contributed by atoms with Crippen LogP contribution in [0.4, 0.5) is 5.69 Å². The molecule has 0 aromatic heterocycles. The van der Waals surface area contributed by atoms with Crippen LogP contribution < -0.4 is 5.73 Å². The van der Waals surface area contributed by atoms with Crippen LogP contribution in [-0.4, -0.2) is 11.6 Å². The van der Waals surface area contributed by atoms with Gasteiger partial charge in [-0.2, -0.15) is 0 Å². The van der Waals surface area contributed by atoms with Crippen LogP contribution in [0.25, 0.3) is 6.08 Å². The zero-order valence-electron chi connectivity index (χ0n) is 15.6. The molecular weight excluding hydrogens is 346 g/mol. The van der Waals surface area contributed by atoms with Gasteiger partial charge in [0.2, 0.25) is 11.6 Å². The number of rotatable bonds is 7. The molecule has 0 atom stereocenters. The predicted molar refractivity (Wildman–Crippen MR) is 111 cm³/mol. The van der Waals surface area contributed by atoms with Gasteiger partial charge in [-0.15, -0.1) is 12.4 Å². The minimum absolute atomic E-state index is 0. The fourth-order valence-electron chi connectivity index (χ4n) is 3.49. The number of carbonyl (C=O) groups excluding carboxylic acids is 2. The highest BCUT2D eigenvalue weighted by atomic mass is 35.5. The second-order valence-electron chi connectivity index (χ2n) is 5.93. The SMILES string of the molecule is C=Cc1c(CC)c(CC)c(CC)c(N)c1C(=O)C(=O)c1ccccc1.Cl. The molecule has 2 aromatic rings. The van der Waals surface area contributed by atoms with E-state index < -0.39 is 11.6 Å². The van der Waals surface area contributed by atoms with E-state index in [0.717, 1.165) is 30.4 Å². The lowest BCUT2D eigenvalue weighted by Gasteiger charge is -2.21. The van der Waals surface area contributed by atoms with Crippen molar-refractivity contribution in [3.05, 3.63) is 70.3 Å². The van der Waals surface area contributed by atoms with Crippen LogP contribution in [0.2, 0.25) is 0 Å². The van der Waals surface area contributed by atoms with E-state index >= 15 is 0 Å². The van der Waals surface area contributed by atoms with Gasteiger partial charge in [0, 0.05) is 11.3 Å². The zero-order valence-corrected chi connectivity index (χ0v) is 16.4. The van der Waals surface area contributed by atoms with Crippen molar-refractivity contribution in [1.82, 2.24) is 0 Å². The van der Waals surface area contributed by atoms with Crippen LogP contribution in [0, 0.1) is 0 Å². The number of Topliss-reactive ketones (excluding diaryl/α,β-unsaturated/α-hetero) is 2. The summed E-state index contributed by atoms with van der Waals surface area (Å²) < 4.78 is 0. The third-order valence-corrected chi connectivity index (χ3v) is 4.65. The minimum Gasteiger partial charge on any atom is -0.398 e. The molecular formula is C22H26ClNO2. The van der Waals surface area contributed by atoms with Gasteiger partial charge in [0.1, 0.15) is 0 Å². The topological polar surface area (TPSA) is 60.2 Å². The molecule has 2 N–H and O–H groups in total.